The average Bonchev–Trinajstić information content (AvgIpc) is 3.54. The molecule has 0 aliphatic carbocycles. The van der Waals surface area contributed by atoms with Crippen molar-refractivity contribution in [2.45, 2.75) is 18.9 Å². The number of nitrogens with one attached hydrogen (secondary N) is 3. The Balaban J connectivity index is 1.31. The van der Waals surface area contributed by atoms with Gasteiger partial charge in [-0.1, -0.05) is 18.2 Å². The van der Waals surface area contributed by atoms with Crippen LogP contribution in [0.25, 0.3) is 32.9 Å². The number of nitrogens with zero attached hydrogens (tertiary/aromatic N) is 2. The van der Waals surface area contributed by atoms with Crippen molar-refractivity contribution in [1.82, 2.24) is 20.2 Å². The molecule has 1 saturated heterocycles. The first-order chi connectivity index (χ1) is 16.7. The Labute approximate surface area is 195 Å². The first-order valence-electron chi connectivity index (χ1n) is 11.3. The van der Waals surface area contributed by atoms with Gasteiger partial charge in [-0.05, 0) is 41.5 Å². The van der Waals surface area contributed by atoms with Crippen LogP contribution in [0.3, 0.4) is 0 Å². The van der Waals surface area contributed by atoms with E-state index in [9.17, 15) is 4.79 Å². The SMILES string of the molecule is O=C(Nc1cc(-c2cccc3[nH]ccc23)cc2[nH]ncc12)c1cccc(OC2CCOCC2)n1. The lowest BCUT2D eigenvalue weighted by Crippen LogP contribution is -2.26. The van der Waals surface area contributed by atoms with Gasteiger partial charge in [-0.2, -0.15) is 5.10 Å². The number of amides is 1. The predicted octanol–water partition coefficient (Wildman–Crippen LogP) is 4.92. The minimum absolute atomic E-state index is 0.0536. The van der Waals surface area contributed by atoms with Gasteiger partial charge in [0.2, 0.25) is 5.88 Å². The molecule has 8 nitrogen and oxygen atoms in total. The molecular formula is C26H23N5O3. The maximum absolute atomic E-state index is 13.2. The van der Waals surface area contributed by atoms with E-state index in [1.807, 2.05) is 36.5 Å². The number of ether oxygens (including phenoxy) is 2. The molecule has 2 aromatic carbocycles. The monoisotopic (exact) mass is 453 g/mol. The van der Waals surface area contributed by atoms with E-state index in [1.54, 1.807) is 24.4 Å². The molecule has 4 heterocycles. The van der Waals surface area contributed by atoms with Crippen molar-refractivity contribution in [3.8, 4) is 17.0 Å². The number of aromatic nitrogens is 4. The van der Waals surface area contributed by atoms with Crippen molar-refractivity contribution in [2.75, 3.05) is 18.5 Å². The fourth-order valence-electron chi connectivity index (χ4n) is 4.41. The van der Waals surface area contributed by atoms with E-state index < -0.39 is 0 Å². The average molecular weight is 454 g/mol. The Morgan fingerprint density at radius 2 is 1.91 bits per heavy atom. The van der Waals surface area contributed by atoms with Crippen molar-refractivity contribution in [3.63, 3.8) is 0 Å². The van der Waals surface area contributed by atoms with Crippen LogP contribution in [0, 0.1) is 0 Å². The van der Waals surface area contributed by atoms with E-state index in [0.29, 0.717) is 30.5 Å². The highest BCUT2D eigenvalue weighted by Crippen LogP contribution is 2.34. The Bertz CT molecular complexity index is 1480. The largest absolute Gasteiger partial charge is 0.474 e. The standard InChI is InChI=1S/C26H23N5O3/c32-26(22-5-2-6-25(29-22)34-17-8-11-33-12-9-17)30-23-13-16(14-24-20(23)15-28-31-24)18-3-1-4-21-19(18)7-10-27-21/h1-7,10,13-15,17,27H,8-9,11-12H2,(H,28,31)(H,30,32). The van der Waals surface area contributed by atoms with Crippen LogP contribution in [0.4, 0.5) is 5.69 Å². The number of hydrogen-bond acceptors (Lipinski definition) is 5. The second kappa shape index (κ2) is 8.64. The molecule has 0 unspecified atom stereocenters. The molecule has 1 aliphatic rings. The van der Waals surface area contributed by atoms with Gasteiger partial charge in [-0.3, -0.25) is 9.89 Å². The maximum atomic E-state index is 13.2. The molecule has 0 bridgehead atoms. The maximum Gasteiger partial charge on any atom is 0.274 e. The number of pyridine rings is 1. The third-order valence-electron chi connectivity index (χ3n) is 6.12. The highest BCUT2D eigenvalue weighted by atomic mass is 16.5. The van der Waals surface area contributed by atoms with E-state index in [-0.39, 0.29) is 12.0 Å². The number of carbonyl (C=O) groups is 1. The second-order valence-corrected chi connectivity index (χ2v) is 8.34. The minimum Gasteiger partial charge on any atom is -0.474 e. The number of fused-ring (bicyclic) bond motifs is 2. The zero-order valence-corrected chi connectivity index (χ0v) is 18.4. The normalized spacial score (nSPS) is 14.5. The molecule has 0 saturated carbocycles. The Hall–Kier alpha value is -4.17. The molecule has 8 heteroatoms. The number of benzene rings is 2. The highest BCUT2D eigenvalue weighted by molar-refractivity contribution is 6.09. The van der Waals surface area contributed by atoms with E-state index in [2.05, 4.69) is 31.5 Å². The lowest BCUT2D eigenvalue weighted by molar-refractivity contribution is 0.0236. The zero-order chi connectivity index (χ0) is 22.9. The summed E-state index contributed by atoms with van der Waals surface area (Å²) >= 11 is 0. The van der Waals surface area contributed by atoms with Crippen molar-refractivity contribution < 1.29 is 14.3 Å². The Morgan fingerprint density at radius 1 is 1.03 bits per heavy atom. The van der Waals surface area contributed by atoms with Gasteiger partial charge in [0.15, 0.2) is 0 Å². The van der Waals surface area contributed by atoms with Gasteiger partial charge in [-0.15, -0.1) is 0 Å². The summed E-state index contributed by atoms with van der Waals surface area (Å²) < 4.78 is 11.4. The molecule has 1 amide bonds. The van der Waals surface area contributed by atoms with Gasteiger partial charge in [0.05, 0.1) is 30.6 Å². The summed E-state index contributed by atoms with van der Waals surface area (Å²) in [5.41, 5.74) is 4.89. The van der Waals surface area contributed by atoms with E-state index in [1.165, 1.54) is 0 Å². The lowest BCUT2D eigenvalue weighted by Gasteiger charge is -2.22. The Morgan fingerprint density at radius 3 is 2.82 bits per heavy atom. The van der Waals surface area contributed by atoms with Crippen LogP contribution in [0.5, 0.6) is 5.88 Å². The molecule has 170 valence electrons. The van der Waals surface area contributed by atoms with Crippen molar-refractivity contribution in [3.05, 3.63) is 72.7 Å². The summed E-state index contributed by atoms with van der Waals surface area (Å²) in [4.78, 5) is 20.8. The van der Waals surface area contributed by atoms with Crippen molar-refractivity contribution >= 4 is 33.4 Å². The van der Waals surface area contributed by atoms with Crippen LogP contribution >= 0.6 is 0 Å². The van der Waals surface area contributed by atoms with E-state index >= 15 is 0 Å². The molecule has 34 heavy (non-hydrogen) atoms. The van der Waals surface area contributed by atoms with Crippen LogP contribution < -0.4 is 10.1 Å². The quantitative estimate of drug-likeness (QED) is 0.350. The Kier molecular flexibility index (Phi) is 5.20. The van der Waals surface area contributed by atoms with Crippen LogP contribution in [-0.2, 0) is 4.74 Å². The third kappa shape index (κ3) is 3.88. The molecule has 3 aromatic heterocycles. The fraction of sp³-hybridized carbons (Fsp3) is 0.192. The highest BCUT2D eigenvalue weighted by Gasteiger charge is 2.18. The van der Waals surface area contributed by atoms with Gasteiger partial charge in [0.25, 0.3) is 5.91 Å². The summed E-state index contributed by atoms with van der Waals surface area (Å²) in [7, 11) is 0. The molecule has 1 aliphatic heterocycles. The minimum atomic E-state index is -0.308. The van der Waals surface area contributed by atoms with Crippen molar-refractivity contribution in [1.29, 1.82) is 0 Å². The van der Waals surface area contributed by atoms with Gasteiger partial charge in [0, 0.05) is 41.4 Å². The van der Waals surface area contributed by atoms with Gasteiger partial charge < -0.3 is 19.8 Å². The van der Waals surface area contributed by atoms with Crippen LogP contribution in [0.15, 0.2) is 67.0 Å². The van der Waals surface area contributed by atoms with Gasteiger partial charge in [-0.25, -0.2) is 4.98 Å². The smallest absolute Gasteiger partial charge is 0.274 e. The molecular weight excluding hydrogens is 430 g/mol. The molecule has 0 radical (unpaired) electrons. The number of hydrogen-bond donors (Lipinski definition) is 3. The van der Waals surface area contributed by atoms with E-state index in [0.717, 1.165) is 45.8 Å². The zero-order valence-electron chi connectivity index (χ0n) is 18.4. The molecule has 0 spiro atoms. The van der Waals surface area contributed by atoms with Crippen LogP contribution in [-0.4, -0.2) is 45.4 Å². The second-order valence-electron chi connectivity index (χ2n) is 8.34. The third-order valence-corrected chi connectivity index (χ3v) is 6.12. The number of anilines is 1. The summed E-state index contributed by atoms with van der Waals surface area (Å²) in [6, 6.07) is 17.4. The van der Waals surface area contributed by atoms with Crippen LogP contribution in [0.2, 0.25) is 0 Å². The van der Waals surface area contributed by atoms with Crippen molar-refractivity contribution in [2.24, 2.45) is 0 Å². The first-order valence-corrected chi connectivity index (χ1v) is 11.3. The number of rotatable bonds is 5. The lowest BCUT2D eigenvalue weighted by atomic mass is 9.99. The number of H-pyrrole nitrogens is 2. The summed E-state index contributed by atoms with van der Waals surface area (Å²) in [6.45, 7) is 1.36. The molecule has 0 atom stereocenters. The summed E-state index contributed by atoms with van der Waals surface area (Å²) in [6.07, 6.45) is 5.32. The van der Waals surface area contributed by atoms with Crippen LogP contribution in [0.1, 0.15) is 23.3 Å². The molecule has 1 fully saturated rings. The number of carbonyl (C=O) groups excluding carboxylic acids is 1. The first kappa shape index (κ1) is 20.4. The number of aromatic amines is 2. The summed E-state index contributed by atoms with van der Waals surface area (Å²) in [5.74, 6) is 0.137. The molecule has 3 N–H and O–H groups in total. The van der Waals surface area contributed by atoms with Gasteiger partial charge in [0.1, 0.15) is 11.8 Å². The topological polar surface area (TPSA) is 105 Å². The molecule has 6 rings (SSSR count). The van der Waals surface area contributed by atoms with E-state index in [4.69, 9.17) is 9.47 Å². The predicted molar refractivity (Wildman–Crippen MR) is 130 cm³/mol. The summed E-state index contributed by atoms with van der Waals surface area (Å²) in [5, 5.41) is 12.2. The fourth-order valence-corrected chi connectivity index (χ4v) is 4.41. The molecule has 5 aromatic rings. The van der Waals surface area contributed by atoms with Gasteiger partial charge >= 0.3 is 0 Å².